The predicted octanol–water partition coefficient (Wildman–Crippen LogP) is 2.91. The Hall–Kier alpha value is -2.33. The van der Waals surface area contributed by atoms with E-state index >= 15 is 0 Å². The number of nitrogens with one attached hydrogen (secondary N) is 2. The van der Waals surface area contributed by atoms with Gasteiger partial charge in [-0.1, -0.05) is 37.3 Å². The second-order valence-electron chi connectivity index (χ2n) is 4.68. The van der Waals surface area contributed by atoms with Crippen LogP contribution in [0.3, 0.4) is 0 Å². The minimum absolute atomic E-state index is 0.141. The van der Waals surface area contributed by atoms with Crippen molar-refractivity contribution in [3.05, 3.63) is 65.7 Å². The number of hydrogen-bond acceptors (Lipinski definition) is 3. The summed E-state index contributed by atoms with van der Waals surface area (Å²) < 4.78 is 5.68. The molecule has 0 unspecified atom stereocenters. The molecule has 0 aliphatic rings. The van der Waals surface area contributed by atoms with Gasteiger partial charge in [-0.15, -0.1) is 0 Å². The number of amides is 1. The zero-order chi connectivity index (χ0) is 14.9. The van der Waals surface area contributed by atoms with Crippen molar-refractivity contribution in [2.75, 3.05) is 6.54 Å². The molecule has 0 aliphatic carbocycles. The lowest BCUT2D eigenvalue weighted by Gasteiger charge is -2.08. The molecule has 2 N–H and O–H groups in total. The molecular weight excluding hydrogens is 264 g/mol. The molecule has 4 nitrogen and oxygen atoms in total. The molecule has 0 atom stereocenters. The lowest BCUT2D eigenvalue weighted by atomic mass is 10.2. The van der Waals surface area contributed by atoms with Gasteiger partial charge in [-0.3, -0.25) is 10.2 Å². The molecule has 110 valence electrons. The quantitative estimate of drug-likeness (QED) is 0.607. The molecule has 0 aliphatic heterocycles. The second-order valence-corrected chi connectivity index (χ2v) is 4.68. The van der Waals surface area contributed by atoms with Gasteiger partial charge in [0.1, 0.15) is 12.4 Å². The zero-order valence-corrected chi connectivity index (χ0v) is 12.1. The molecule has 0 bridgehead atoms. The van der Waals surface area contributed by atoms with Crippen LogP contribution in [0, 0.1) is 0 Å². The number of carbonyl (C=O) groups is 1. The van der Waals surface area contributed by atoms with E-state index in [1.165, 1.54) is 0 Å². The van der Waals surface area contributed by atoms with Crippen LogP contribution in [0.25, 0.3) is 0 Å². The van der Waals surface area contributed by atoms with Crippen LogP contribution >= 0.6 is 0 Å². The maximum absolute atomic E-state index is 11.8. The molecule has 4 heteroatoms. The highest BCUT2D eigenvalue weighted by molar-refractivity contribution is 5.93. The topological polar surface area (TPSA) is 50.4 Å². The van der Waals surface area contributed by atoms with E-state index in [2.05, 4.69) is 10.9 Å². The van der Waals surface area contributed by atoms with E-state index in [-0.39, 0.29) is 5.91 Å². The molecule has 2 aromatic carbocycles. The van der Waals surface area contributed by atoms with Gasteiger partial charge in [0.05, 0.1) is 0 Å². The first-order valence-corrected chi connectivity index (χ1v) is 7.09. The van der Waals surface area contributed by atoms with Crippen molar-refractivity contribution in [2.45, 2.75) is 20.0 Å². The number of rotatable bonds is 7. The Balaban J connectivity index is 1.85. The zero-order valence-electron chi connectivity index (χ0n) is 12.1. The Labute approximate surface area is 125 Å². The number of hydrogen-bond donors (Lipinski definition) is 2. The maximum atomic E-state index is 11.8. The maximum Gasteiger partial charge on any atom is 0.265 e. The van der Waals surface area contributed by atoms with Crippen molar-refractivity contribution in [3.8, 4) is 5.75 Å². The standard InChI is InChI=1S/C17H20N2O2/c1-2-12-18-19-17(20)15-8-10-16(11-9-15)21-13-14-6-4-3-5-7-14/h3-11,18H,2,12-13H2,1H3,(H,19,20). The van der Waals surface area contributed by atoms with Crippen molar-refractivity contribution in [1.82, 2.24) is 10.9 Å². The van der Waals surface area contributed by atoms with Gasteiger partial charge in [0.25, 0.3) is 5.91 Å². The Morgan fingerprint density at radius 1 is 1.05 bits per heavy atom. The normalized spacial score (nSPS) is 10.1. The van der Waals surface area contributed by atoms with Crippen molar-refractivity contribution in [2.24, 2.45) is 0 Å². The third-order valence-corrected chi connectivity index (χ3v) is 2.94. The molecule has 2 rings (SSSR count). The number of carbonyl (C=O) groups excluding carboxylic acids is 1. The van der Waals surface area contributed by atoms with Crippen LogP contribution in [0.5, 0.6) is 5.75 Å². The van der Waals surface area contributed by atoms with Crippen LogP contribution in [-0.4, -0.2) is 12.5 Å². The fraction of sp³-hybridized carbons (Fsp3) is 0.235. The monoisotopic (exact) mass is 284 g/mol. The summed E-state index contributed by atoms with van der Waals surface area (Å²) >= 11 is 0. The first-order valence-electron chi connectivity index (χ1n) is 7.09. The van der Waals surface area contributed by atoms with E-state index in [9.17, 15) is 4.79 Å². The fourth-order valence-electron chi connectivity index (χ4n) is 1.78. The summed E-state index contributed by atoms with van der Waals surface area (Å²) in [7, 11) is 0. The van der Waals surface area contributed by atoms with Crippen LogP contribution in [-0.2, 0) is 6.61 Å². The highest BCUT2D eigenvalue weighted by Crippen LogP contribution is 2.14. The van der Waals surface area contributed by atoms with Gasteiger partial charge in [0.2, 0.25) is 0 Å². The van der Waals surface area contributed by atoms with Gasteiger partial charge in [0, 0.05) is 12.1 Å². The molecule has 0 saturated carbocycles. The predicted molar refractivity (Wildman–Crippen MR) is 83.0 cm³/mol. The summed E-state index contributed by atoms with van der Waals surface area (Å²) in [5.41, 5.74) is 7.23. The molecule has 0 saturated heterocycles. The number of hydrazine groups is 1. The first kappa shape index (κ1) is 15.1. The minimum Gasteiger partial charge on any atom is -0.489 e. The summed E-state index contributed by atoms with van der Waals surface area (Å²) in [6.07, 6.45) is 0.965. The van der Waals surface area contributed by atoms with Crippen molar-refractivity contribution in [3.63, 3.8) is 0 Å². The Morgan fingerprint density at radius 2 is 1.76 bits per heavy atom. The van der Waals surface area contributed by atoms with Crippen LogP contribution < -0.4 is 15.6 Å². The van der Waals surface area contributed by atoms with Crippen LogP contribution in [0.4, 0.5) is 0 Å². The van der Waals surface area contributed by atoms with Crippen molar-refractivity contribution in [1.29, 1.82) is 0 Å². The van der Waals surface area contributed by atoms with Crippen LogP contribution in [0.1, 0.15) is 29.3 Å². The molecule has 21 heavy (non-hydrogen) atoms. The molecule has 0 radical (unpaired) electrons. The summed E-state index contributed by atoms with van der Waals surface area (Å²) in [6, 6.07) is 17.1. The smallest absolute Gasteiger partial charge is 0.265 e. The largest absolute Gasteiger partial charge is 0.489 e. The Kier molecular flexibility index (Phi) is 5.79. The SMILES string of the molecule is CCCNNC(=O)c1ccc(OCc2ccccc2)cc1. The first-order chi connectivity index (χ1) is 10.3. The fourth-order valence-corrected chi connectivity index (χ4v) is 1.78. The minimum atomic E-state index is -0.141. The molecule has 0 spiro atoms. The van der Waals surface area contributed by atoms with E-state index in [0.717, 1.165) is 24.3 Å². The molecule has 0 fully saturated rings. The van der Waals surface area contributed by atoms with Gasteiger partial charge in [-0.2, -0.15) is 0 Å². The third-order valence-electron chi connectivity index (χ3n) is 2.94. The van der Waals surface area contributed by atoms with Gasteiger partial charge in [-0.05, 0) is 36.2 Å². The Bertz CT molecular complexity index is 553. The lowest BCUT2D eigenvalue weighted by Crippen LogP contribution is -2.37. The second kappa shape index (κ2) is 8.07. The highest BCUT2D eigenvalue weighted by Gasteiger charge is 2.04. The average Bonchev–Trinajstić information content (AvgIpc) is 2.54. The van der Waals surface area contributed by atoms with E-state index in [4.69, 9.17) is 4.74 Å². The van der Waals surface area contributed by atoms with Gasteiger partial charge < -0.3 is 4.74 Å². The number of ether oxygens (including phenoxy) is 1. The average molecular weight is 284 g/mol. The molecule has 0 heterocycles. The van der Waals surface area contributed by atoms with Gasteiger partial charge in [-0.25, -0.2) is 5.43 Å². The summed E-state index contributed by atoms with van der Waals surface area (Å²) in [5.74, 6) is 0.606. The van der Waals surface area contributed by atoms with Crippen LogP contribution in [0.2, 0.25) is 0 Å². The Morgan fingerprint density at radius 3 is 2.43 bits per heavy atom. The molecule has 1 amide bonds. The van der Waals surface area contributed by atoms with E-state index < -0.39 is 0 Å². The van der Waals surface area contributed by atoms with Crippen molar-refractivity contribution < 1.29 is 9.53 Å². The van der Waals surface area contributed by atoms with Gasteiger partial charge in [0.15, 0.2) is 0 Å². The summed E-state index contributed by atoms with van der Waals surface area (Å²) in [5, 5.41) is 0. The molecular formula is C17H20N2O2. The summed E-state index contributed by atoms with van der Waals surface area (Å²) in [6.45, 7) is 3.31. The highest BCUT2D eigenvalue weighted by atomic mass is 16.5. The van der Waals surface area contributed by atoms with Gasteiger partial charge >= 0.3 is 0 Å². The van der Waals surface area contributed by atoms with E-state index in [0.29, 0.717) is 12.2 Å². The lowest BCUT2D eigenvalue weighted by molar-refractivity contribution is 0.0933. The molecule has 2 aromatic rings. The van der Waals surface area contributed by atoms with E-state index in [1.54, 1.807) is 24.3 Å². The molecule has 0 aromatic heterocycles. The number of benzene rings is 2. The third kappa shape index (κ3) is 4.93. The van der Waals surface area contributed by atoms with E-state index in [1.807, 2.05) is 37.3 Å². The summed E-state index contributed by atoms with van der Waals surface area (Å²) in [4.78, 5) is 11.8. The van der Waals surface area contributed by atoms with Crippen molar-refractivity contribution >= 4 is 5.91 Å². The van der Waals surface area contributed by atoms with Crippen LogP contribution in [0.15, 0.2) is 54.6 Å².